The van der Waals surface area contributed by atoms with Crippen LogP contribution in [0.2, 0.25) is 10.2 Å². The van der Waals surface area contributed by atoms with Crippen molar-refractivity contribution in [3.63, 3.8) is 0 Å². The molecule has 0 bridgehead atoms. The molecule has 1 aromatic carbocycles. The molecule has 4 aromatic heterocycles. The summed E-state index contributed by atoms with van der Waals surface area (Å²) in [6, 6.07) is 3.87. The number of nitrogens with zero attached hydrogens (tertiary/aromatic N) is 7. The lowest BCUT2D eigenvalue weighted by molar-refractivity contribution is -0.137. The van der Waals surface area contributed by atoms with Crippen molar-refractivity contribution in [2.45, 2.75) is 18.8 Å². The molecule has 5 aromatic rings. The fourth-order valence-electron chi connectivity index (χ4n) is 4.57. The Balaban J connectivity index is 1.31. The summed E-state index contributed by atoms with van der Waals surface area (Å²) in [5.41, 5.74) is 1.13. The van der Waals surface area contributed by atoms with Crippen LogP contribution in [0.5, 0.6) is 11.5 Å². The highest BCUT2D eigenvalue weighted by Crippen LogP contribution is 2.38. The second kappa shape index (κ2) is 10.1. The van der Waals surface area contributed by atoms with E-state index in [-0.39, 0.29) is 39.3 Å². The lowest BCUT2D eigenvalue weighted by Crippen LogP contribution is -2.50. The van der Waals surface area contributed by atoms with Gasteiger partial charge in [0.05, 0.1) is 24.1 Å². The predicted octanol–water partition coefficient (Wildman–Crippen LogP) is 5.70. The zero-order valence-corrected chi connectivity index (χ0v) is 22.6. The van der Waals surface area contributed by atoms with Crippen molar-refractivity contribution < 1.29 is 22.6 Å². The van der Waals surface area contributed by atoms with E-state index in [0.717, 1.165) is 12.1 Å². The zero-order chi connectivity index (χ0) is 28.2. The van der Waals surface area contributed by atoms with E-state index in [9.17, 15) is 13.2 Å². The smallest absolute Gasteiger partial charge is 0.416 e. The van der Waals surface area contributed by atoms with Gasteiger partial charge in [-0.1, -0.05) is 23.2 Å². The minimum atomic E-state index is -4.52. The average Bonchev–Trinajstić information content (AvgIpc) is 3.44. The largest absolute Gasteiger partial charge is 0.450 e. The van der Waals surface area contributed by atoms with Gasteiger partial charge < -0.3 is 19.4 Å². The van der Waals surface area contributed by atoms with Gasteiger partial charge in [-0.15, -0.1) is 0 Å². The maximum atomic E-state index is 13.7. The number of benzene rings is 1. The Labute approximate surface area is 235 Å². The number of nitrogens with one attached hydrogen (secondary N) is 1. The molecule has 1 aliphatic rings. The summed E-state index contributed by atoms with van der Waals surface area (Å²) >= 11 is 12.9. The predicted molar refractivity (Wildman–Crippen MR) is 142 cm³/mol. The number of alkyl halides is 3. The van der Waals surface area contributed by atoms with Crippen molar-refractivity contribution >= 4 is 51.5 Å². The zero-order valence-electron chi connectivity index (χ0n) is 21.1. The van der Waals surface area contributed by atoms with Crippen LogP contribution in [0, 0.1) is 0 Å². The molecule has 15 heteroatoms. The van der Waals surface area contributed by atoms with Crippen LogP contribution in [0.4, 0.5) is 24.8 Å². The number of imidazole rings is 1. The number of fused-ring (bicyclic) bond motifs is 2. The van der Waals surface area contributed by atoms with E-state index in [1.54, 1.807) is 31.0 Å². The minimum Gasteiger partial charge on any atom is -0.450 e. The summed E-state index contributed by atoms with van der Waals surface area (Å²) in [5.74, 6) is 0.777. The molecule has 208 valence electrons. The first-order chi connectivity index (χ1) is 19.1. The number of pyridine rings is 1. The molecule has 0 atom stereocenters. The Kier molecular flexibility index (Phi) is 6.69. The van der Waals surface area contributed by atoms with Crippen LogP contribution in [-0.2, 0) is 24.5 Å². The molecule has 1 aliphatic heterocycles. The first-order valence-electron chi connectivity index (χ1n) is 12.0. The Bertz CT molecular complexity index is 1730. The highest BCUT2D eigenvalue weighted by Gasteiger charge is 2.32. The second-order valence-corrected chi connectivity index (χ2v) is 10.1. The fraction of sp³-hybridized carbons (Fsp3) is 0.280. The molecule has 40 heavy (non-hydrogen) atoms. The van der Waals surface area contributed by atoms with Crippen LogP contribution >= 0.6 is 23.2 Å². The summed E-state index contributed by atoms with van der Waals surface area (Å²) in [4.78, 5) is 14.8. The maximum absolute atomic E-state index is 13.7. The summed E-state index contributed by atoms with van der Waals surface area (Å²) in [5, 5.41) is 7.58. The molecule has 0 aliphatic carbocycles. The third kappa shape index (κ3) is 4.89. The van der Waals surface area contributed by atoms with Gasteiger partial charge in [-0.3, -0.25) is 4.90 Å². The van der Waals surface area contributed by atoms with Gasteiger partial charge in [-0.25, -0.2) is 14.5 Å². The van der Waals surface area contributed by atoms with Crippen molar-refractivity contribution in [3.8, 4) is 11.5 Å². The van der Waals surface area contributed by atoms with E-state index < -0.39 is 11.7 Å². The minimum absolute atomic E-state index is 0.0935. The number of likely N-dealkylation sites (tertiary alicyclic amines) is 1. The topological polar surface area (TPSA) is 94.6 Å². The van der Waals surface area contributed by atoms with E-state index in [1.165, 1.54) is 23.1 Å². The third-order valence-corrected chi connectivity index (χ3v) is 7.26. The lowest BCUT2D eigenvalue weighted by atomic mass is 10.1. The van der Waals surface area contributed by atoms with Gasteiger partial charge in [0, 0.05) is 51.9 Å². The number of anilines is 2. The first kappa shape index (κ1) is 26.6. The molecular weight excluding hydrogens is 572 g/mol. The third-order valence-electron chi connectivity index (χ3n) is 6.62. The fourth-order valence-corrected chi connectivity index (χ4v) is 5.11. The molecule has 0 radical (unpaired) electrons. The molecule has 1 N–H and O–H groups in total. The number of hydrogen-bond acceptors (Lipinski definition) is 8. The molecule has 6 rings (SSSR count). The van der Waals surface area contributed by atoms with Crippen molar-refractivity contribution in [1.29, 1.82) is 0 Å². The molecule has 5 heterocycles. The highest BCUT2D eigenvalue weighted by atomic mass is 35.5. The highest BCUT2D eigenvalue weighted by molar-refractivity contribution is 6.36. The van der Waals surface area contributed by atoms with Crippen LogP contribution in [-0.4, -0.2) is 60.3 Å². The standard InChI is InChI=1S/C25H21Cl2F3N8O2/c1-36-21-19(26)17(40-18-9-33-38-4-3-31-22(27)20(18)38)8-32-23(21)35-24(36)34-15-6-13(5-14(7-15)25(28,29)30)10-37-11-16(12-37)39-2/h3-9,16H,10-12H2,1-2H3,(H,32,34,35). The van der Waals surface area contributed by atoms with E-state index in [2.05, 4.69) is 25.4 Å². The molecule has 0 saturated carbocycles. The Morgan fingerprint density at radius 3 is 2.62 bits per heavy atom. The summed E-state index contributed by atoms with van der Waals surface area (Å²) in [6.07, 6.45) is 1.58. The molecular formula is C25H21Cl2F3N8O2. The number of methoxy groups -OCH3 is 1. The monoisotopic (exact) mass is 592 g/mol. The summed E-state index contributed by atoms with van der Waals surface area (Å²) in [6.45, 7) is 1.68. The van der Waals surface area contributed by atoms with E-state index in [1.807, 2.05) is 4.90 Å². The van der Waals surface area contributed by atoms with Gasteiger partial charge in [-0.05, 0) is 23.8 Å². The average molecular weight is 593 g/mol. The van der Waals surface area contributed by atoms with Crippen molar-refractivity contribution in [2.24, 2.45) is 7.05 Å². The van der Waals surface area contributed by atoms with Gasteiger partial charge in [-0.2, -0.15) is 23.3 Å². The Hall–Kier alpha value is -3.65. The van der Waals surface area contributed by atoms with Gasteiger partial charge in [0.25, 0.3) is 0 Å². The normalized spacial score (nSPS) is 14.7. The number of aromatic nitrogens is 6. The number of ether oxygens (including phenoxy) is 2. The number of halogens is 5. The summed E-state index contributed by atoms with van der Waals surface area (Å²) < 4.78 is 55.5. The first-order valence-corrected chi connectivity index (χ1v) is 12.8. The summed E-state index contributed by atoms with van der Waals surface area (Å²) in [7, 11) is 3.29. The van der Waals surface area contributed by atoms with Gasteiger partial charge >= 0.3 is 6.18 Å². The van der Waals surface area contributed by atoms with Crippen molar-refractivity contribution in [2.75, 3.05) is 25.5 Å². The van der Waals surface area contributed by atoms with Crippen LogP contribution in [0.15, 0.2) is 43.0 Å². The van der Waals surface area contributed by atoms with Crippen LogP contribution < -0.4 is 10.1 Å². The Morgan fingerprint density at radius 2 is 1.88 bits per heavy atom. The molecule has 1 fully saturated rings. The van der Waals surface area contributed by atoms with Gasteiger partial charge in [0.15, 0.2) is 22.3 Å². The second-order valence-electron chi connectivity index (χ2n) is 9.32. The van der Waals surface area contributed by atoms with E-state index in [4.69, 9.17) is 32.7 Å². The van der Waals surface area contributed by atoms with Gasteiger partial charge in [0.2, 0.25) is 5.95 Å². The van der Waals surface area contributed by atoms with Crippen LogP contribution in [0.3, 0.4) is 0 Å². The number of rotatable bonds is 7. The lowest BCUT2D eigenvalue weighted by Gasteiger charge is -2.38. The van der Waals surface area contributed by atoms with Crippen molar-refractivity contribution in [1.82, 2.24) is 34.0 Å². The van der Waals surface area contributed by atoms with Gasteiger partial charge in [0.1, 0.15) is 16.1 Å². The molecule has 1 saturated heterocycles. The number of aryl methyl sites for hydroxylation is 1. The van der Waals surface area contributed by atoms with Crippen LogP contribution in [0.25, 0.3) is 16.7 Å². The Morgan fingerprint density at radius 1 is 1.07 bits per heavy atom. The SMILES string of the molecule is COC1CN(Cc2cc(Nc3nc4ncc(Oc5cnn6ccnc(Cl)c56)c(Cl)c4n3C)cc(C(F)(F)F)c2)C1. The van der Waals surface area contributed by atoms with Crippen molar-refractivity contribution in [3.05, 3.63) is 64.3 Å². The van der Waals surface area contributed by atoms with E-state index in [0.29, 0.717) is 42.0 Å². The molecule has 0 unspecified atom stereocenters. The number of hydrogen-bond donors (Lipinski definition) is 1. The quantitative estimate of drug-likeness (QED) is 0.257. The van der Waals surface area contributed by atoms with Crippen LogP contribution in [0.1, 0.15) is 11.1 Å². The maximum Gasteiger partial charge on any atom is 0.416 e. The molecule has 0 spiro atoms. The van der Waals surface area contributed by atoms with E-state index >= 15 is 0 Å². The molecule has 10 nitrogen and oxygen atoms in total. The molecule has 0 amide bonds.